The van der Waals surface area contributed by atoms with Crippen molar-refractivity contribution in [3.63, 3.8) is 0 Å². The third-order valence-corrected chi connectivity index (χ3v) is 4.11. The van der Waals surface area contributed by atoms with Gasteiger partial charge >= 0.3 is 0 Å². The molecule has 1 aliphatic carbocycles. The minimum absolute atomic E-state index is 0.846. The number of nitrogens with one attached hydrogen (secondary N) is 1. The zero-order chi connectivity index (χ0) is 14.4. The van der Waals surface area contributed by atoms with Crippen LogP contribution < -0.4 is 11.3 Å². The fraction of sp³-hybridized carbons (Fsp3) is 0.250. The number of hydrogen-bond donors (Lipinski definition) is 2. The van der Waals surface area contributed by atoms with E-state index in [1.807, 2.05) is 10.6 Å². The van der Waals surface area contributed by atoms with Crippen LogP contribution in [0.4, 0.5) is 5.82 Å². The lowest BCUT2D eigenvalue weighted by Crippen LogP contribution is -2.15. The van der Waals surface area contributed by atoms with Crippen LogP contribution in [0.25, 0.3) is 16.9 Å². The van der Waals surface area contributed by atoms with Crippen molar-refractivity contribution < 1.29 is 0 Å². The molecule has 5 heteroatoms. The first-order valence-electron chi connectivity index (χ1n) is 7.21. The van der Waals surface area contributed by atoms with Gasteiger partial charge in [0.1, 0.15) is 5.82 Å². The average molecular weight is 279 g/mol. The molecule has 21 heavy (non-hydrogen) atoms. The van der Waals surface area contributed by atoms with Crippen LogP contribution in [0.5, 0.6) is 0 Å². The van der Waals surface area contributed by atoms with Crippen molar-refractivity contribution in [1.29, 1.82) is 0 Å². The van der Waals surface area contributed by atoms with Crippen LogP contribution in [-0.2, 0) is 12.8 Å². The number of hydrazine groups is 1. The molecule has 2 aromatic heterocycles. The maximum atomic E-state index is 5.72. The summed E-state index contributed by atoms with van der Waals surface area (Å²) >= 11 is 0. The van der Waals surface area contributed by atoms with E-state index in [1.165, 1.54) is 11.1 Å². The van der Waals surface area contributed by atoms with Gasteiger partial charge in [-0.25, -0.2) is 10.8 Å². The number of fused-ring (bicyclic) bond motifs is 2. The third-order valence-electron chi connectivity index (χ3n) is 4.11. The van der Waals surface area contributed by atoms with E-state index in [4.69, 9.17) is 10.8 Å². The fourth-order valence-electron chi connectivity index (χ4n) is 3.00. The molecular formula is C16H17N5. The van der Waals surface area contributed by atoms with Crippen molar-refractivity contribution in [3.05, 3.63) is 47.2 Å². The van der Waals surface area contributed by atoms with E-state index in [9.17, 15) is 0 Å². The van der Waals surface area contributed by atoms with Crippen molar-refractivity contribution >= 4 is 11.5 Å². The lowest BCUT2D eigenvalue weighted by atomic mass is 10.1. The Balaban J connectivity index is 1.92. The first-order chi connectivity index (χ1) is 10.3. The lowest BCUT2D eigenvalue weighted by Gasteiger charge is -2.09. The SMILES string of the molecule is Cc1ccc(-c2cc3nc4c(c(NN)n3n2)CCC4)cc1. The molecule has 2 heterocycles. The highest BCUT2D eigenvalue weighted by atomic mass is 15.4. The van der Waals surface area contributed by atoms with E-state index in [0.717, 1.165) is 47.7 Å². The molecule has 0 spiro atoms. The van der Waals surface area contributed by atoms with Crippen LogP contribution in [0, 0.1) is 6.92 Å². The minimum atomic E-state index is 0.846. The number of nitrogens with zero attached hydrogens (tertiary/aromatic N) is 3. The summed E-state index contributed by atoms with van der Waals surface area (Å²) in [5.41, 5.74) is 9.24. The number of nitrogen functional groups attached to an aromatic ring is 1. The first kappa shape index (κ1) is 12.3. The summed E-state index contributed by atoms with van der Waals surface area (Å²) in [6.07, 6.45) is 3.16. The Morgan fingerprint density at radius 3 is 2.76 bits per heavy atom. The van der Waals surface area contributed by atoms with Crippen LogP contribution in [0.15, 0.2) is 30.3 Å². The van der Waals surface area contributed by atoms with Gasteiger partial charge in [0.25, 0.3) is 0 Å². The zero-order valence-corrected chi connectivity index (χ0v) is 11.9. The molecule has 3 aromatic rings. The monoisotopic (exact) mass is 279 g/mol. The van der Waals surface area contributed by atoms with Gasteiger partial charge in [-0.05, 0) is 26.2 Å². The number of benzene rings is 1. The highest BCUT2D eigenvalue weighted by Crippen LogP contribution is 2.29. The Hall–Kier alpha value is -2.40. The van der Waals surface area contributed by atoms with Crippen LogP contribution >= 0.6 is 0 Å². The predicted molar refractivity (Wildman–Crippen MR) is 83.0 cm³/mol. The summed E-state index contributed by atoms with van der Waals surface area (Å²) in [6.45, 7) is 2.08. The van der Waals surface area contributed by atoms with E-state index in [1.54, 1.807) is 0 Å². The van der Waals surface area contributed by atoms with Crippen molar-refractivity contribution in [2.45, 2.75) is 26.2 Å². The summed E-state index contributed by atoms with van der Waals surface area (Å²) in [5.74, 6) is 6.58. The maximum absolute atomic E-state index is 5.72. The zero-order valence-electron chi connectivity index (χ0n) is 11.9. The first-order valence-corrected chi connectivity index (χ1v) is 7.21. The molecule has 0 atom stereocenters. The number of aromatic nitrogens is 3. The summed E-state index contributed by atoms with van der Waals surface area (Å²) in [6, 6.07) is 10.4. The number of nitrogens with two attached hydrogens (primary N) is 1. The average Bonchev–Trinajstić information content (AvgIpc) is 3.11. The van der Waals surface area contributed by atoms with Gasteiger partial charge < -0.3 is 5.43 Å². The van der Waals surface area contributed by atoms with E-state index in [0.29, 0.717) is 0 Å². The Kier molecular flexibility index (Phi) is 2.68. The van der Waals surface area contributed by atoms with E-state index in [2.05, 4.69) is 41.7 Å². The van der Waals surface area contributed by atoms with Gasteiger partial charge in [0.2, 0.25) is 0 Å². The summed E-state index contributed by atoms with van der Waals surface area (Å²) < 4.78 is 1.82. The normalized spacial score (nSPS) is 13.6. The number of aryl methyl sites for hydroxylation is 2. The quantitative estimate of drug-likeness (QED) is 0.558. The van der Waals surface area contributed by atoms with Gasteiger partial charge in [-0.3, -0.25) is 0 Å². The molecule has 5 nitrogen and oxygen atoms in total. The fourth-order valence-corrected chi connectivity index (χ4v) is 3.00. The second kappa shape index (κ2) is 4.56. The Bertz CT molecular complexity index is 817. The third kappa shape index (κ3) is 1.89. The Morgan fingerprint density at radius 2 is 2.00 bits per heavy atom. The largest absolute Gasteiger partial charge is 0.308 e. The highest BCUT2D eigenvalue weighted by Gasteiger charge is 2.20. The number of hydrogen-bond acceptors (Lipinski definition) is 4. The van der Waals surface area contributed by atoms with E-state index < -0.39 is 0 Å². The predicted octanol–water partition coefficient (Wildman–Crippen LogP) is 2.48. The molecule has 0 saturated carbocycles. The maximum Gasteiger partial charge on any atom is 0.158 e. The van der Waals surface area contributed by atoms with Crippen molar-refractivity contribution in [2.75, 3.05) is 5.43 Å². The molecule has 0 radical (unpaired) electrons. The van der Waals surface area contributed by atoms with Gasteiger partial charge in [-0.2, -0.15) is 9.61 Å². The minimum Gasteiger partial charge on any atom is -0.308 e. The van der Waals surface area contributed by atoms with Gasteiger partial charge in [-0.1, -0.05) is 29.8 Å². The van der Waals surface area contributed by atoms with Gasteiger partial charge in [0, 0.05) is 22.9 Å². The molecule has 0 unspecified atom stereocenters. The van der Waals surface area contributed by atoms with Gasteiger partial charge in [0.05, 0.1) is 5.69 Å². The van der Waals surface area contributed by atoms with E-state index in [-0.39, 0.29) is 0 Å². The van der Waals surface area contributed by atoms with Crippen molar-refractivity contribution in [2.24, 2.45) is 5.84 Å². The van der Waals surface area contributed by atoms with Gasteiger partial charge in [-0.15, -0.1) is 0 Å². The molecule has 0 aliphatic heterocycles. The van der Waals surface area contributed by atoms with Crippen LogP contribution in [-0.4, -0.2) is 14.6 Å². The Morgan fingerprint density at radius 1 is 1.19 bits per heavy atom. The molecule has 0 amide bonds. The standard InChI is InChI=1S/C16H17N5/c1-10-5-7-11(8-6-10)14-9-15-18-13-4-2-3-12(13)16(19-17)21(15)20-14/h5-9,19H,2-4,17H2,1H3. The number of rotatable bonds is 2. The van der Waals surface area contributed by atoms with Crippen molar-refractivity contribution in [1.82, 2.24) is 14.6 Å². The van der Waals surface area contributed by atoms with Gasteiger partial charge in [0.15, 0.2) is 5.65 Å². The smallest absolute Gasteiger partial charge is 0.158 e. The molecule has 0 fully saturated rings. The lowest BCUT2D eigenvalue weighted by molar-refractivity contribution is 0.900. The molecular weight excluding hydrogens is 262 g/mol. The Labute approximate surface area is 122 Å². The molecule has 106 valence electrons. The molecule has 1 aromatic carbocycles. The molecule has 4 rings (SSSR count). The second-order valence-electron chi connectivity index (χ2n) is 5.55. The van der Waals surface area contributed by atoms with E-state index >= 15 is 0 Å². The molecule has 0 bridgehead atoms. The molecule has 1 aliphatic rings. The molecule has 3 N–H and O–H groups in total. The van der Waals surface area contributed by atoms with Crippen LogP contribution in [0.2, 0.25) is 0 Å². The number of anilines is 1. The summed E-state index contributed by atoms with van der Waals surface area (Å²) in [7, 11) is 0. The highest BCUT2D eigenvalue weighted by molar-refractivity contribution is 5.67. The van der Waals surface area contributed by atoms with Crippen LogP contribution in [0.3, 0.4) is 0 Å². The van der Waals surface area contributed by atoms with Crippen molar-refractivity contribution in [3.8, 4) is 11.3 Å². The topological polar surface area (TPSA) is 68.2 Å². The van der Waals surface area contributed by atoms with Crippen LogP contribution in [0.1, 0.15) is 23.2 Å². The molecule has 0 saturated heterocycles. The summed E-state index contributed by atoms with van der Waals surface area (Å²) in [5, 5.41) is 4.67. The second-order valence-corrected chi connectivity index (χ2v) is 5.55. The summed E-state index contributed by atoms with van der Waals surface area (Å²) in [4.78, 5) is 4.73.